The van der Waals surface area contributed by atoms with E-state index < -0.39 is 0 Å². The van der Waals surface area contributed by atoms with E-state index in [2.05, 4.69) is 30.9 Å². The Bertz CT molecular complexity index is 471. The maximum Gasteiger partial charge on any atom is 0.137 e. The highest BCUT2D eigenvalue weighted by Gasteiger charge is 2.09. The molecule has 4 heteroatoms. The van der Waals surface area contributed by atoms with Gasteiger partial charge in [0.05, 0.1) is 11.6 Å². The first kappa shape index (κ1) is 15.0. The predicted molar refractivity (Wildman–Crippen MR) is 73.6 cm³/mol. The molecule has 0 aliphatic rings. The number of hydrogen-bond donors (Lipinski definition) is 0. The van der Waals surface area contributed by atoms with E-state index in [0.717, 1.165) is 13.1 Å². The molecule has 0 unspecified atom stereocenters. The van der Waals surface area contributed by atoms with Crippen molar-refractivity contribution in [3.63, 3.8) is 0 Å². The van der Waals surface area contributed by atoms with Crippen molar-refractivity contribution >= 4 is 0 Å². The molecule has 0 N–H and O–H groups in total. The van der Waals surface area contributed by atoms with Gasteiger partial charge in [-0.25, -0.2) is 0 Å². The molecule has 0 spiro atoms. The Balaban J connectivity index is 2.48. The van der Waals surface area contributed by atoms with Gasteiger partial charge in [-0.2, -0.15) is 10.5 Å². The Kier molecular flexibility index (Phi) is 6.43. The number of rotatable bonds is 7. The van der Waals surface area contributed by atoms with Crippen molar-refractivity contribution in [3.8, 4) is 17.9 Å². The van der Waals surface area contributed by atoms with E-state index in [9.17, 15) is 0 Å². The molecular weight excluding hydrogens is 238 g/mol. The lowest BCUT2D eigenvalue weighted by Crippen LogP contribution is -2.35. The molecule has 0 fully saturated rings. The third-order valence-corrected chi connectivity index (χ3v) is 2.88. The molecule has 0 bridgehead atoms. The first-order valence-electron chi connectivity index (χ1n) is 6.42. The van der Waals surface area contributed by atoms with Crippen LogP contribution in [-0.2, 0) is 0 Å². The van der Waals surface area contributed by atoms with Crippen molar-refractivity contribution in [1.29, 1.82) is 10.5 Å². The first-order valence-corrected chi connectivity index (χ1v) is 6.42. The summed E-state index contributed by atoms with van der Waals surface area (Å²) < 4.78 is 5.64. The summed E-state index contributed by atoms with van der Waals surface area (Å²) >= 11 is 0. The van der Waals surface area contributed by atoms with E-state index in [1.54, 1.807) is 12.1 Å². The highest BCUT2D eigenvalue weighted by Crippen LogP contribution is 2.16. The topological polar surface area (TPSA) is 60.1 Å². The first-order chi connectivity index (χ1) is 9.19. The Labute approximate surface area is 114 Å². The lowest BCUT2D eigenvalue weighted by molar-refractivity contribution is 0.179. The minimum Gasteiger partial charge on any atom is -0.491 e. The number of nitriles is 2. The summed E-state index contributed by atoms with van der Waals surface area (Å²) in [5, 5.41) is 17.6. The van der Waals surface area contributed by atoms with Crippen LogP contribution in [0.3, 0.4) is 0 Å². The lowest BCUT2D eigenvalue weighted by atomic mass is 10.2. The molecule has 0 aliphatic heterocycles. The van der Waals surface area contributed by atoms with Crippen LogP contribution in [0.25, 0.3) is 0 Å². The van der Waals surface area contributed by atoms with Gasteiger partial charge >= 0.3 is 0 Å². The van der Waals surface area contributed by atoms with Gasteiger partial charge in [0.2, 0.25) is 0 Å². The highest BCUT2D eigenvalue weighted by atomic mass is 16.5. The normalized spacial score (nSPS) is 10.2. The molecule has 0 aromatic heterocycles. The van der Waals surface area contributed by atoms with Gasteiger partial charge in [-0.1, -0.05) is 12.1 Å². The molecule has 0 atom stereocenters. The van der Waals surface area contributed by atoms with Crippen molar-refractivity contribution in [2.75, 3.05) is 19.7 Å². The molecule has 0 radical (unpaired) electrons. The fourth-order valence-corrected chi connectivity index (χ4v) is 1.78. The average molecular weight is 257 g/mol. The zero-order valence-corrected chi connectivity index (χ0v) is 11.5. The highest BCUT2D eigenvalue weighted by molar-refractivity contribution is 5.42. The minimum absolute atomic E-state index is 0.378. The van der Waals surface area contributed by atoms with E-state index in [1.807, 2.05) is 12.1 Å². The molecule has 4 nitrogen and oxygen atoms in total. The van der Waals surface area contributed by atoms with Gasteiger partial charge in [0, 0.05) is 25.6 Å². The monoisotopic (exact) mass is 257 g/mol. The Morgan fingerprint density at radius 2 is 1.95 bits per heavy atom. The molecule has 0 amide bonds. The van der Waals surface area contributed by atoms with E-state index >= 15 is 0 Å². The summed E-state index contributed by atoms with van der Waals surface area (Å²) in [5.74, 6) is 0.619. The Morgan fingerprint density at radius 3 is 2.58 bits per heavy atom. The molecule has 1 rings (SSSR count). The molecule has 0 saturated heterocycles. The van der Waals surface area contributed by atoms with Crippen LogP contribution >= 0.6 is 0 Å². The standard InChI is InChI=1S/C15H19N3O/c1-13(2)18(9-5-8-16)10-11-19-15-7-4-3-6-14(15)12-17/h3-4,6-7,13H,5,9-11H2,1-2H3. The zero-order valence-electron chi connectivity index (χ0n) is 11.5. The molecule has 0 heterocycles. The summed E-state index contributed by atoms with van der Waals surface area (Å²) in [5.41, 5.74) is 0.552. The van der Waals surface area contributed by atoms with E-state index in [1.165, 1.54) is 0 Å². The van der Waals surface area contributed by atoms with Crippen molar-refractivity contribution in [2.45, 2.75) is 26.3 Å². The molecule has 0 aliphatic carbocycles. The van der Waals surface area contributed by atoms with Crippen LogP contribution in [0.15, 0.2) is 24.3 Å². The fourth-order valence-electron chi connectivity index (χ4n) is 1.78. The van der Waals surface area contributed by atoms with E-state index in [4.69, 9.17) is 15.3 Å². The Morgan fingerprint density at radius 1 is 1.21 bits per heavy atom. The number of nitrogens with zero attached hydrogens (tertiary/aromatic N) is 3. The van der Waals surface area contributed by atoms with Crippen LogP contribution < -0.4 is 4.74 Å². The smallest absolute Gasteiger partial charge is 0.137 e. The van der Waals surface area contributed by atoms with Crippen LogP contribution in [0.4, 0.5) is 0 Å². The van der Waals surface area contributed by atoms with Crippen LogP contribution in [0.2, 0.25) is 0 Å². The largest absolute Gasteiger partial charge is 0.491 e. The van der Waals surface area contributed by atoms with Crippen LogP contribution in [0.5, 0.6) is 5.75 Å². The summed E-state index contributed by atoms with van der Waals surface area (Å²) in [7, 11) is 0. The second kappa shape index (κ2) is 8.13. The zero-order chi connectivity index (χ0) is 14.1. The van der Waals surface area contributed by atoms with Gasteiger partial charge in [0.25, 0.3) is 0 Å². The fraction of sp³-hybridized carbons (Fsp3) is 0.467. The van der Waals surface area contributed by atoms with Crippen LogP contribution in [-0.4, -0.2) is 30.6 Å². The molecule has 1 aromatic rings. The minimum atomic E-state index is 0.378. The Hall–Kier alpha value is -2.04. The number of para-hydroxylation sites is 1. The maximum absolute atomic E-state index is 8.95. The summed E-state index contributed by atoms with van der Waals surface area (Å²) in [6, 6.07) is 11.9. The summed E-state index contributed by atoms with van der Waals surface area (Å²) in [6.45, 7) is 6.21. The van der Waals surface area contributed by atoms with Crippen molar-refractivity contribution in [1.82, 2.24) is 4.90 Å². The van der Waals surface area contributed by atoms with Crippen molar-refractivity contribution in [2.24, 2.45) is 0 Å². The van der Waals surface area contributed by atoms with Gasteiger partial charge in [0.15, 0.2) is 0 Å². The molecular formula is C15H19N3O. The van der Waals surface area contributed by atoms with Crippen LogP contribution in [0, 0.1) is 22.7 Å². The third-order valence-electron chi connectivity index (χ3n) is 2.88. The van der Waals surface area contributed by atoms with Crippen LogP contribution in [0.1, 0.15) is 25.8 Å². The molecule has 19 heavy (non-hydrogen) atoms. The second-order valence-corrected chi connectivity index (χ2v) is 4.49. The number of hydrogen-bond acceptors (Lipinski definition) is 4. The predicted octanol–water partition coefficient (Wildman–Crippen LogP) is 2.56. The number of ether oxygens (including phenoxy) is 1. The number of benzene rings is 1. The van der Waals surface area contributed by atoms with Crippen molar-refractivity contribution in [3.05, 3.63) is 29.8 Å². The maximum atomic E-state index is 8.95. The SMILES string of the molecule is CC(C)N(CCC#N)CCOc1ccccc1C#N. The lowest BCUT2D eigenvalue weighted by Gasteiger charge is -2.25. The van der Waals surface area contributed by atoms with Gasteiger partial charge in [0.1, 0.15) is 18.4 Å². The van der Waals surface area contributed by atoms with Gasteiger partial charge in [-0.3, -0.25) is 4.90 Å². The van der Waals surface area contributed by atoms with Gasteiger partial charge in [-0.05, 0) is 26.0 Å². The summed E-state index contributed by atoms with van der Waals surface area (Å²) in [6.07, 6.45) is 0.521. The molecule has 0 saturated carbocycles. The average Bonchev–Trinajstić information content (AvgIpc) is 2.42. The van der Waals surface area contributed by atoms with E-state index in [-0.39, 0.29) is 0 Å². The molecule has 100 valence electrons. The second-order valence-electron chi connectivity index (χ2n) is 4.49. The summed E-state index contributed by atoms with van der Waals surface area (Å²) in [4.78, 5) is 2.19. The van der Waals surface area contributed by atoms with E-state index in [0.29, 0.717) is 30.4 Å². The van der Waals surface area contributed by atoms with Gasteiger partial charge in [-0.15, -0.1) is 0 Å². The van der Waals surface area contributed by atoms with Gasteiger partial charge < -0.3 is 4.74 Å². The van der Waals surface area contributed by atoms with Crippen molar-refractivity contribution < 1.29 is 4.74 Å². The third kappa shape index (κ3) is 4.99. The quantitative estimate of drug-likeness (QED) is 0.753. The molecule has 1 aromatic carbocycles.